The fourth-order valence-electron chi connectivity index (χ4n) is 2.67. The lowest BCUT2D eigenvalue weighted by Crippen LogP contribution is -2.29. The first-order chi connectivity index (χ1) is 14.1. The minimum Gasteiger partial charge on any atom is -0.493 e. The quantitative estimate of drug-likeness (QED) is 0.496. The maximum absolute atomic E-state index is 12.2. The minimum absolute atomic E-state index is 0.0124. The molecule has 3 rings (SSSR count). The number of nitrogens with zero attached hydrogens (tertiary/aromatic N) is 2. The molecule has 7 nitrogen and oxygen atoms in total. The van der Waals surface area contributed by atoms with Crippen LogP contribution in [0.2, 0.25) is 0 Å². The van der Waals surface area contributed by atoms with Crippen LogP contribution in [0.5, 0.6) is 11.5 Å². The minimum atomic E-state index is -0.586. The number of amides is 1. The van der Waals surface area contributed by atoms with E-state index in [2.05, 4.69) is 10.5 Å². The Morgan fingerprint density at radius 1 is 1.10 bits per heavy atom. The first-order valence-corrected chi connectivity index (χ1v) is 8.93. The summed E-state index contributed by atoms with van der Waals surface area (Å²) >= 11 is 0. The summed E-state index contributed by atoms with van der Waals surface area (Å²) in [6.45, 7) is 0.356. The van der Waals surface area contributed by atoms with Crippen molar-refractivity contribution in [3.8, 4) is 11.5 Å². The molecule has 0 aliphatic rings. The van der Waals surface area contributed by atoms with Gasteiger partial charge in [0, 0.05) is 18.8 Å². The highest BCUT2D eigenvalue weighted by Crippen LogP contribution is 2.30. The highest BCUT2D eigenvalue weighted by atomic mass is 16.5. The van der Waals surface area contributed by atoms with Gasteiger partial charge >= 0.3 is 0 Å². The van der Waals surface area contributed by atoms with E-state index >= 15 is 0 Å². The third-order valence-electron chi connectivity index (χ3n) is 4.19. The summed E-state index contributed by atoms with van der Waals surface area (Å²) < 4.78 is 12.7. The van der Waals surface area contributed by atoms with Crippen molar-refractivity contribution in [3.63, 3.8) is 0 Å². The molecular formula is C22H21N3O4. The second-order valence-electron chi connectivity index (χ2n) is 6.19. The predicted molar refractivity (Wildman–Crippen MR) is 111 cm³/mol. The number of ether oxygens (including phenoxy) is 2. The van der Waals surface area contributed by atoms with E-state index in [-0.39, 0.29) is 5.56 Å². The first kappa shape index (κ1) is 19.9. The largest absolute Gasteiger partial charge is 0.493 e. The molecule has 0 fully saturated rings. The molecule has 0 unspecified atom stereocenters. The van der Waals surface area contributed by atoms with Crippen LogP contribution in [0.15, 0.2) is 76.8 Å². The Labute approximate surface area is 168 Å². The average Bonchev–Trinajstić information content (AvgIpc) is 2.75. The molecule has 0 aliphatic carbocycles. The monoisotopic (exact) mass is 391 g/mol. The SMILES string of the molecule is COc1cccc(/C=N\NC(=O)c2cccn(C)c2=O)c1OCc1ccccc1. The van der Waals surface area contributed by atoms with Gasteiger partial charge in [-0.15, -0.1) is 0 Å². The summed E-state index contributed by atoms with van der Waals surface area (Å²) in [6, 6.07) is 18.2. The Hall–Kier alpha value is -3.87. The van der Waals surface area contributed by atoms with Crippen molar-refractivity contribution in [2.45, 2.75) is 6.61 Å². The van der Waals surface area contributed by atoms with E-state index < -0.39 is 11.5 Å². The molecule has 1 N–H and O–H groups in total. The summed E-state index contributed by atoms with van der Waals surface area (Å²) in [5.41, 5.74) is 3.63. The van der Waals surface area contributed by atoms with Crippen molar-refractivity contribution >= 4 is 12.1 Å². The third kappa shape index (κ3) is 4.90. The van der Waals surface area contributed by atoms with Gasteiger partial charge in [-0.25, -0.2) is 5.43 Å². The van der Waals surface area contributed by atoms with Crippen molar-refractivity contribution in [3.05, 3.63) is 93.9 Å². The molecule has 0 atom stereocenters. The number of hydrogen-bond donors (Lipinski definition) is 1. The second-order valence-corrected chi connectivity index (χ2v) is 6.19. The number of nitrogens with one attached hydrogen (secondary N) is 1. The molecule has 0 radical (unpaired) electrons. The standard InChI is InChI=1S/C22H21N3O4/c1-25-13-7-11-18(22(25)27)21(26)24-23-14-17-10-6-12-19(28-2)20(17)29-15-16-8-4-3-5-9-16/h3-14H,15H2,1-2H3,(H,24,26)/b23-14-. The normalized spacial score (nSPS) is 10.7. The van der Waals surface area contributed by atoms with Crippen LogP contribution >= 0.6 is 0 Å². The van der Waals surface area contributed by atoms with E-state index in [4.69, 9.17) is 9.47 Å². The van der Waals surface area contributed by atoms with Crippen LogP contribution in [0.4, 0.5) is 0 Å². The van der Waals surface area contributed by atoms with Gasteiger partial charge in [-0.3, -0.25) is 9.59 Å². The molecule has 0 saturated carbocycles. The van der Waals surface area contributed by atoms with E-state index in [1.165, 1.54) is 16.8 Å². The van der Waals surface area contributed by atoms with E-state index in [0.717, 1.165) is 5.56 Å². The van der Waals surface area contributed by atoms with Crippen LogP contribution in [0.1, 0.15) is 21.5 Å². The van der Waals surface area contributed by atoms with Crippen molar-refractivity contribution < 1.29 is 14.3 Å². The zero-order chi connectivity index (χ0) is 20.6. The second kappa shape index (κ2) is 9.36. The van der Waals surface area contributed by atoms with Gasteiger partial charge in [0.05, 0.1) is 13.3 Å². The molecule has 29 heavy (non-hydrogen) atoms. The molecule has 3 aromatic rings. The molecule has 148 valence electrons. The number of rotatable bonds is 7. The van der Waals surface area contributed by atoms with E-state index in [0.29, 0.717) is 23.7 Å². The topological polar surface area (TPSA) is 81.9 Å². The van der Waals surface area contributed by atoms with Crippen LogP contribution in [0.25, 0.3) is 0 Å². The lowest BCUT2D eigenvalue weighted by atomic mass is 10.2. The molecule has 7 heteroatoms. The summed E-state index contributed by atoms with van der Waals surface area (Å²) in [5.74, 6) is 0.470. The highest BCUT2D eigenvalue weighted by Gasteiger charge is 2.12. The lowest BCUT2D eigenvalue weighted by Gasteiger charge is -2.13. The fraction of sp³-hybridized carbons (Fsp3) is 0.136. The van der Waals surface area contributed by atoms with Crippen molar-refractivity contribution in [2.24, 2.45) is 12.1 Å². The molecule has 1 heterocycles. The number of carbonyl (C=O) groups excluding carboxylic acids is 1. The number of hydrazone groups is 1. The van der Waals surface area contributed by atoms with Gasteiger partial charge in [0.2, 0.25) is 0 Å². The highest BCUT2D eigenvalue weighted by molar-refractivity contribution is 5.94. The number of carbonyl (C=O) groups is 1. The predicted octanol–water partition coefficient (Wildman–Crippen LogP) is 2.74. The summed E-state index contributed by atoms with van der Waals surface area (Å²) in [4.78, 5) is 24.2. The molecule has 1 amide bonds. The summed E-state index contributed by atoms with van der Waals surface area (Å²) in [6.07, 6.45) is 3.03. The lowest BCUT2D eigenvalue weighted by molar-refractivity contribution is 0.0953. The molecule has 0 aliphatic heterocycles. The zero-order valence-electron chi connectivity index (χ0n) is 16.2. The number of methoxy groups -OCH3 is 1. The first-order valence-electron chi connectivity index (χ1n) is 8.93. The van der Waals surface area contributed by atoms with Crippen LogP contribution in [0.3, 0.4) is 0 Å². The van der Waals surface area contributed by atoms with Crippen LogP contribution in [-0.2, 0) is 13.7 Å². The van der Waals surface area contributed by atoms with Gasteiger partial charge in [-0.2, -0.15) is 5.10 Å². The number of para-hydroxylation sites is 1. The fourth-order valence-corrected chi connectivity index (χ4v) is 2.67. The summed E-state index contributed by atoms with van der Waals surface area (Å²) in [5, 5.41) is 3.97. The van der Waals surface area contributed by atoms with Crippen molar-refractivity contribution in [2.75, 3.05) is 7.11 Å². The Kier molecular flexibility index (Phi) is 6.42. The Balaban J connectivity index is 1.76. The number of aromatic nitrogens is 1. The van der Waals surface area contributed by atoms with E-state index in [9.17, 15) is 9.59 Å². The molecule has 0 saturated heterocycles. The summed E-state index contributed by atoms with van der Waals surface area (Å²) in [7, 11) is 3.13. The van der Waals surface area contributed by atoms with Crippen LogP contribution in [0, 0.1) is 0 Å². The number of aryl methyl sites for hydroxylation is 1. The van der Waals surface area contributed by atoms with Gasteiger partial charge in [0.15, 0.2) is 11.5 Å². The van der Waals surface area contributed by atoms with Crippen molar-refractivity contribution in [1.29, 1.82) is 0 Å². The van der Waals surface area contributed by atoms with Crippen LogP contribution in [-0.4, -0.2) is 23.8 Å². The van der Waals surface area contributed by atoms with E-state index in [1.54, 1.807) is 44.6 Å². The van der Waals surface area contributed by atoms with Crippen LogP contribution < -0.4 is 20.5 Å². The van der Waals surface area contributed by atoms with Gasteiger partial charge in [-0.05, 0) is 29.8 Å². The molecular weight excluding hydrogens is 370 g/mol. The van der Waals surface area contributed by atoms with Gasteiger partial charge in [-0.1, -0.05) is 36.4 Å². The van der Waals surface area contributed by atoms with Gasteiger partial charge in [0.1, 0.15) is 12.2 Å². The van der Waals surface area contributed by atoms with Gasteiger partial charge in [0.25, 0.3) is 11.5 Å². The molecule has 0 spiro atoms. The number of hydrogen-bond acceptors (Lipinski definition) is 5. The Morgan fingerprint density at radius 3 is 2.66 bits per heavy atom. The van der Waals surface area contributed by atoms with E-state index in [1.807, 2.05) is 30.3 Å². The Morgan fingerprint density at radius 2 is 1.90 bits per heavy atom. The maximum Gasteiger partial charge on any atom is 0.276 e. The number of pyridine rings is 1. The third-order valence-corrected chi connectivity index (χ3v) is 4.19. The number of benzene rings is 2. The maximum atomic E-state index is 12.2. The zero-order valence-corrected chi connectivity index (χ0v) is 16.2. The smallest absolute Gasteiger partial charge is 0.276 e. The molecule has 1 aromatic heterocycles. The average molecular weight is 391 g/mol. The van der Waals surface area contributed by atoms with Gasteiger partial charge < -0.3 is 14.0 Å². The Bertz CT molecular complexity index is 1070. The molecule has 2 aromatic carbocycles. The van der Waals surface area contributed by atoms with Crippen molar-refractivity contribution in [1.82, 2.24) is 9.99 Å². The molecule has 0 bridgehead atoms.